The molecule has 0 unspecified atom stereocenters. The van der Waals surface area contributed by atoms with Crippen molar-refractivity contribution in [1.82, 2.24) is 10.6 Å². The summed E-state index contributed by atoms with van der Waals surface area (Å²) in [7, 11) is 0. The fourth-order valence-corrected chi connectivity index (χ4v) is 6.04. The Hall–Kier alpha value is -4.91. The number of hydrogen-bond donors (Lipinski definition) is 3. The van der Waals surface area contributed by atoms with Crippen LogP contribution in [0, 0.1) is 0 Å². The number of nitrogens with one attached hydrogen (secondary N) is 2. The molecule has 0 heterocycles. The van der Waals surface area contributed by atoms with Gasteiger partial charge in [-0.2, -0.15) is 0 Å². The van der Waals surface area contributed by atoms with Crippen LogP contribution in [0.2, 0.25) is 0 Å². The molecule has 4 aromatic rings. The van der Waals surface area contributed by atoms with E-state index in [2.05, 4.69) is 41.0 Å². The van der Waals surface area contributed by atoms with Crippen LogP contribution in [-0.4, -0.2) is 36.1 Å². The first-order valence-electron chi connectivity index (χ1n) is 15.9. The molecule has 232 valence electrons. The number of carboxylic acids is 1. The Morgan fingerprint density at radius 3 is 2.27 bits per heavy atom. The number of carbonyl (C=O) groups is 3. The van der Waals surface area contributed by atoms with Crippen molar-refractivity contribution in [2.24, 2.45) is 0 Å². The maximum atomic E-state index is 13.8. The van der Waals surface area contributed by atoms with Crippen LogP contribution >= 0.6 is 0 Å². The monoisotopic (exact) mass is 603 g/mol. The van der Waals surface area contributed by atoms with Gasteiger partial charge in [0.15, 0.2) is 0 Å². The molecule has 1 aliphatic carbocycles. The first kappa shape index (κ1) is 31.5. The van der Waals surface area contributed by atoms with Crippen LogP contribution < -0.4 is 15.5 Å². The topological polar surface area (TPSA) is 98.7 Å². The van der Waals surface area contributed by atoms with E-state index in [1.807, 2.05) is 60.7 Å². The van der Waals surface area contributed by atoms with Gasteiger partial charge < -0.3 is 15.7 Å². The van der Waals surface area contributed by atoms with Gasteiger partial charge in [-0.25, -0.2) is 4.79 Å². The zero-order valence-electron chi connectivity index (χ0n) is 25.6. The molecule has 3 amide bonds. The Labute approximate surface area is 265 Å². The van der Waals surface area contributed by atoms with E-state index >= 15 is 0 Å². The van der Waals surface area contributed by atoms with Gasteiger partial charge in [-0.1, -0.05) is 98.1 Å². The molecule has 5 rings (SSSR count). The third kappa shape index (κ3) is 8.82. The van der Waals surface area contributed by atoms with Crippen molar-refractivity contribution >= 4 is 23.6 Å². The van der Waals surface area contributed by atoms with E-state index in [1.165, 1.54) is 37.7 Å². The Balaban J connectivity index is 1.32. The Bertz CT molecular complexity index is 1580. The number of aliphatic carboxylic acids is 1. The first-order valence-corrected chi connectivity index (χ1v) is 15.9. The minimum atomic E-state index is -0.960. The molecule has 0 saturated heterocycles. The fraction of sp³-hybridized carbons (Fsp3) is 0.289. The predicted octanol–water partition coefficient (Wildman–Crippen LogP) is 7.56. The highest BCUT2D eigenvalue weighted by Gasteiger charge is 2.19. The number of urea groups is 1. The van der Waals surface area contributed by atoms with Crippen LogP contribution in [0.15, 0.2) is 103 Å². The standard InChI is InChI=1S/C38H41N3O4/c42-36(43)22-24-39-37(44)32-16-9-10-28(26-32)23-25-41(34-20-18-30(19-21-34)29-11-3-1-4-12-29)38(45)40-27-33-15-7-8-17-35(33)31-13-5-2-6-14-31/h2,5-10,13-21,26,29H,1,3-4,11-12,22-25,27H2,(H,39,44)(H,40,45)(H,42,43). The maximum absolute atomic E-state index is 13.8. The number of rotatable bonds is 12. The second-order valence-electron chi connectivity index (χ2n) is 11.6. The van der Waals surface area contributed by atoms with Crippen LogP contribution in [0.3, 0.4) is 0 Å². The molecule has 1 saturated carbocycles. The van der Waals surface area contributed by atoms with Gasteiger partial charge in [0.25, 0.3) is 5.91 Å². The fourth-order valence-electron chi connectivity index (χ4n) is 6.04. The molecule has 0 aliphatic heterocycles. The van der Waals surface area contributed by atoms with Gasteiger partial charge in [0.2, 0.25) is 0 Å². The largest absolute Gasteiger partial charge is 0.481 e. The van der Waals surface area contributed by atoms with Gasteiger partial charge in [0.05, 0.1) is 6.42 Å². The third-order valence-electron chi connectivity index (χ3n) is 8.50. The van der Waals surface area contributed by atoms with Crippen LogP contribution in [-0.2, 0) is 17.8 Å². The number of carbonyl (C=O) groups excluding carboxylic acids is 2. The summed E-state index contributed by atoms with van der Waals surface area (Å²) in [6, 6.07) is 33.8. The molecular formula is C38H41N3O4. The Morgan fingerprint density at radius 1 is 0.778 bits per heavy atom. The number of anilines is 1. The van der Waals surface area contributed by atoms with E-state index < -0.39 is 5.97 Å². The first-order chi connectivity index (χ1) is 22.0. The van der Waals surface area contributed by atoms with Crippen molar-refractivity contribution in [1.29, 1.82) is 0 Å². The van der Waals surface area contributed by atoms with Crippen molar-refractivity contribution in [2.45, 2.75) is 57.4 Å². The van der Waals surface area contributed by atoms with Crippen LogP contribution in [0.25, 0.3) is 11.1 Å². The summed E-state index contributed by atoms with van der Waals surface area (Å²) in [5.74, 6) is -0.699. The van der Waals surface area contributed by atoms with Gasteiger partial charge in [0, 0.05) is 30.9 Å². The summed E-state index contributed by atoms with van der Waals surface area (Å²) in [6.07, 6.45) is 6.67. The lowest BCUT2D eigenvalue weighted by atomic mass is 9.84. The number of carboxylic acid groups (broad SMARTS) is 1. The zero-order chi connectivity index (χ0) is 31.4. The summed E-state index contributed by atoms with van der Waals surface area (Å²) in [5, 5.41) is 14.7. The lowest BCUT2D eigenvalue weighted by molar-refractivity contribution is -0.136. The zero-order valence-corrected chi connectivity index (χ0v) is 25.6. The van der Waals surface area contributed by atoms with Crippen molar-refractivity contribution in [3.63, 3.8) is 0 Å². The summed E-state index contributed by atoms with van der Waals surface area (Å²) >= 11 is 0. The van der Waals surface area contributed by atoms with E-state index in [1.54, 1.807) is 17.0 Å². The number of nitrogens with zero attached hydrogens (tertiary/aromatic N) is 1. The van der Waals surface area contributed by atoms with Crippen LogP contribution in [0.5, 0.6) is 0 Å². The second-order valence-corrected chi connectivity index (χ2v) is 11.6. The van der Waals surface area contributed by atoms with E-state index in [4.69, 9.17) is 5.11 Å². The molecule has 0 radical (unpaired) electrons. The average molecular weight is 604 g/mol. The summed E-state index contributed by atoms with van der Waals surface area (Å²) < 4.78 is 0. The normalized spacial score (nSPS) is 13.2. The van der Waals surface area contributed by atoms with E-state index in [9.17, 15) is 14.4 Å². The van der Waals surface area contributed by atoms with Crippen molar-refractivity contribution in [3.8, 4) is 11.1 Å². The molecule has 0 spiro atoms. The van der Waals surface area contributed by atoms with Crippen molar-refractivity contribution in [2.75, 3.05) is 18.0 Å². The minimum absolute atomic E-state index is 0.0661. The SMILES string of the molecule is O=C(O)CCNC(=O)c1cccc(CCN(C(=O)NCc2ccccc2-c2ccccc2)c2ccc(C3CCCCC3)cc2)c1. The Morgan fingerprint density at radius 2 is 1.51 bits per heavy atom. The molecule has 7 nitrogen and oxygen atoms in total. The van der Waals surface area contributed by atoms with Crippen molar-refractivity contribution < 1.29 is 19.5 Å². The molecule has 1 fully saturated rings. The molecule has 4 aromatic carbocycles. The van der Waals surface area contributed by atoms with E-state index in [0.717, 1.165) is 27.9 Å². The number of amides is 3. The quantitative estimate of drug-likeness (QED) is 0.156. The molecule has 0 bridgehead atoms. The molecule has 0 aromatic heterocycles. The van der Waals surface area contributed by atoms with Gasteiger partial charge >= 0.3 is 12.0 Å². The van der Waals surface area contributed by atoms with Gasteiger partial charge in [0.1, 0.15) is 0 Å². The Kier molecular flexibility index (Phi) is 11.0. The molecule has 45 heavy (non-hydrogen) atoms. The third-order valence-corrected chi connectivity index (χ3v) is 8.50. The van der Waals surface area contributed by atoms with Crippen LogP contribution in [0.4, 0.5) is 10.5 Å². The second kappa shape index (κ2) is 15.7. The molecule has 7 heteroatoms. The minimum Gasteiger partial charge on any atom is -0.481 e. The summed E-state index contributed by atoms with van der Waals surface area (Å²) in [4.78, 5) is 39.0. The van der Waals surface area contributed by atoms with E-state index in [-0.39, 0.29) is 24.9 Å². The maximum Gasteiger partial charge on any atom is 0.322 e. The van der Waals surface area contributed by atoms with Crippen molar-refractivity contribution in [3.05, 3.63) is 125 Å². The highest BCUT2D eigenvalue weighted by molar-refractivity contribution is 5.94. The van der Waals surface area contributed by atoms with Gasteiger partial charge in [-0.15, -0.1) is 0 Å². The molecular weight excluding hydrogens is 562 g/mol. The highest BCUT2D eigenvalue weighted by atomic mass is 16.4. The molecule has 1 aliphatic rings. The highest BCUT2D eigenvalue weighted by Crippen LogP contribution is 2.33. The van der Waals surface area contributed by atoms with Gasteiger partial charge in [-0.3, -0.25) is 14.5 Å². The smallest absolute Gasteiger partial charge is 0.322 e. The lowest BCUT2D eigenvalue weighted by Crippen LogP contribution is -2.41. The molecule has 3 N–H and O–H groups in total. The number of benzene rings is 4. The summed E-state index contributed by atoms with van der Waals surface area (Å²) in [6.45, 7) is 0.863. The summed E-state index contributed by atoms with van der Waals surface area (Å²) in [5.41, 5.74) is 6.74. The predicted molar refractivity (Wildman–Crippen MR) is 178 cm³/mol. The number of hydrogen-bond acceptors (Lipinski definition) is 3. The molecule has 0 atom stereocenters. The van der Waals surface area contributed by atoms with Gasteiger partial charge in [-0.05, 0) is 77.3 Å². The average Bonchev–Trinajstić information content (AvgIpc) is 3.08. The van der Waals surface area contributed by atoms with Crippen LogP contribution in [0.1, 0.15) is 71.5 Å². The lowest BCUT2D eigenvalue weighted by Gasteiger charge is -2.26. The van der Waals surface area contributed by atoms with E-state index in [0.29, 0.717) is 31.0 Å².